The lowest BCUT2D eigenvalue weighted by molar-refractivity contribution is -0.0320. The van der Waals surface area contributed by atoms with Gasteiger partial charge in [-0.2, -0.15) is 0 Å². The monoisotopic (exact) mass is 667 g/mol. The summed E-state index contributed by atoms with van der Waals surface area (Å²) in [6, 6.07) is 30.5. The van der Waals surface area contributed by atoms with Gasteiger partial charge in [-0.1, -0.05) is 117 Å². The summed E-state index contributed by atoms with van der Waals surface area (Å²) in [6.45, 7) is 9.21. The highest BCUT2D eigenvalue weighted by molar-refractivity contribution is 6.99. The van der Waals surface area contributed by atoms with Gasteiger partial charge in [-0.05, 0) is 58.6 Å². The summed E-state index contributed by atoms with van der Waals surface area (Å²) < 4.78 is 22.4. The molecule has 10 nitrogen and oxygen atoms in total. The fraction of sp³-hybridized carbons (Fsp3) is 0.405. The van der Waals surface area contributed by atoms with Crippen molar-refractivity contribution in [2.24, 2.45) is 11.0 Å². The summed E-state index contributed by atoms with van der Waals surface area (Å²) in [7, 11) is -2.85. The molecule has 0 aliphatic carbocycles. The number of benzene rings is 3. The van der Waals surface area contributed by atoms with Crippen molar-refractivity contribution in [1.29, 1.82) is 0 Å². The van der Waals surface area contributed by atoms with E-state index in [-0.39, 0.29) is 36.0 Å². The number of hydrogen-bond donors (Lipinski definition) is 0. The molecular formula is C37H45N5O5Si. The smallest absolute Gasteiger partial charge is 0.335 e. The minimum Gasteiger partial charge on any atom is -0.405 e. The van der Waals surface area contributed by atoms with Gasteiger partial charge >= 0.3 is 5.69 Å². The largest absolute Gasteiger partial charge is 0.405 e. The Balaban J connectivity index is 1.44. The number of hydrogen-bond acceptors (Lipinski definition) is 6. The van der Waals surface area contributed by atoms with Crippen molar-refractivity contribution in [3.05, 3.63) is 140 Å². The van der Waals surface area contributed by atoms with Crippen molar-refractivity contribution >= 4 is 18.7 Å². The predicted molar refractivity (Wildman–Crippen MR) is 190 cm³/mol. The molecule has 3 aromatic carbocycles. The predicted octanol–water partition coefficient (Wildman–Crippen LogP) is 6.06. The molecule has 0 N–H and O–H groups in total. The molecule has 0 unspecified atom stereocenters. The van der Waals surface area contributed by atoms with E-state index in [2.05, 4.69) is 79.3 Å². The highest BCUT2D eigenvalue weighted by Crippen LogP contribution is 2.40. The van der Waals surface area contributed by atoms with Crippen LogP contribution in [0.4, 0.5) is 0 Å². The van der Waals surface area contributed by atoms with Crippen molar-refractivity contribution in [3.8, 4) is 0 Å². The Bertz CT molecular complexity index is 1760. The van der Waals surface area contributed by atoms with E-state index in [1.54, 1.807) is 13.1 Å². The molecule has 0 radical (unpaired) electrons. The Kier molecular flexibility index (Phi) is 11.5. The molecule has 4 aromatic rings. The second-order valence-electron chi connectivity index (χ2n) is 13.4. The minimum absolute atomic E-state index is 0.0315. The van der Waals surface area contributed by atoms with Gasteiger partial charge in [-0.25, -0.2) is 9.36 Å². The third-order valence-electron chi connectivity index (χ3n) is 9.15. The third kappa shape index (κ3) is 7.72. The van der Waals surface area contributed by atoms with Gasteiger partial charge in [-0.15, -0.1) is 0 Å². The standard InChI is InChI=1S/C37H45N5O5Si/c1-28-24-41(36(44)42(35(28)43)27-45-25-29-15-8-5-9-16-29)34-23-30(17-14-22-39-40-38)33(47-34)26-46-48(37(2,3)4,31-18-10-6-11-19-31)32-20-12-7-13-21-32/h5-13,15-16,18-21,24,30,33-34H,14,17,22-23,25-27H2,1-4H3/t30-,33+,34+/m0/s1. The number of ether oxygens (including phenoxy) is 2. The van der Waals surface area contributed by atoms with E-state index in [0.29, 0.717) is 31.6 Å². The molecule has 1 fully saturated rings. The van der Waals surface area contributed by atoms with Gasteiger partial charge in [-0.3, -0.25) is 9.36 Å². The molecule has 1 aromatic heterocycles. The molecule has 0 spiro atoms. The highest BCUT2D eigenvalue weighted by Gasteiger charge is 2.51. The van der Waals surface area contributed by atoms with Crippen LogP contribution in [0.25, 0.3) is 10.4 Å². The molecule has 252 valence electrons. The lowest BCUT2D eigenvalue weighted by Gasteiger charge is -2.43. The fourth-order valence-electron chi connectivity index (χ4n) is 6.78. The first-order valence-electron chi connectivity index (χ1n) is 16.5. The summed E-state index contributed by atoms with van der Waals surface area (Å²) in [5, 5.41) is 5.87. The van der Waals surface area contributed by atoms with Crippen molar-refractivity contribution in [1.82, 2.24) is 9.13 Å². The van der Waals surface area contributed by atoms with Gasteiger partial charge in [0.05, 0.1) is 19.3 Å². The van der Waals surface area contributed by atoms with Crippen molar-refractivity contribution in [3.63, 3.8) is 0 Å². The number of nitrogens with zero attached hydrogens (tertiary/aromatic N) is 5. The normalized spacial score (nSPS) is 18.0. The number of rotatable bonds is 14. The molecule has 1 aliphatic rings. The Morgan fingerprint density at radius 2 is 1.56 bits per heavy atom. The van der Waals surface area contributed by atoms with Gasteiger partial charge in [0.2, 0.25) is 0 Å². The second-order valence-corrected chi connectivity index (χ2v) is 17.7. The van der Waals surface area contributed by atoms with E-state index >= 15 is 0 Å². The molecule has 0 saturated carbocycles. The molecule has 0 bridgehead atoms. The van der Waals surface area contributed by atoms with Crippen LogP contribution in [0.2, 0.25) is 5.04 Å². The highest BCUT2D eigenvalue weighted by atomic mass is 28.4. The summed E-state index contributed by atoms with van der Waals surface area (Å²) in [4.78, 5) is 29.8. The Hall–Kier alpha value is -4.25. The number of aryl methyl sites for hydroxylation is 1. The van der Waals surface area contributed by atoms with Crippen LogP contribution >= 0.6 is 0 Å². The first-order valence-corrected chi connectivity index (χ1v) is 18.4. The number of azide groups is 1. The number of aromatic nitrogens is 2. The first kappa shape index (κ1) is 35.1. The van der Waals surface area contributed by atoms with Gasteiger partial charge in [0.1, 0.15) is 13.0 Å². The van der Waals surface area contributed by atoms with Crippen LogP contribution in [0.5, 0.6) is 0 Å². The average molecular weight is 668 g/mol. The van der Waals surface area contributed by atoms with Crippen LogP contribution in [-0.4, -0.2) is 36.7 Å². The van der Waals surface area contributed by atoms with Crippen LogP contribution < -0.4 is 21.6 Å². The third-order valence-corrected chi connectivity index (χ3v) is 14.2. The van der Waals surface area contributed by atoms with E-state index in [1.165, 1.54) is 14.9 Å². The molecule has 48 heavy (non-hydrogen) atoms. The maximum absolute atomic E-state index is 13.8. The molecule has 1 aliphatic heterocycles. The zero-order valence-electron chi connectivity index (χ0n) is 28.2. The SMILES string of the molecule is Cc1cn([C@H]2C[C@H](CCCN=[N+]=[N-])[C@@H](CO[Si](c3ccccc3)(c3ccccc3)C(C)(C)C)O2)c(=O)n(COCc2ccccc2)c1=O. The van der Waals surface area contributed by atoms with Gasteiger partial charge < -0.3 is 13.9 Å². The van der Waals surface area contributed by atoms with Gasteiger partial charge in [0.15, 0.2) is 0 Å². The Labute approximate surface area is 282 Å². The maximum atomic E-state index is 13.8. The molecule has 1 saturated heterocycles. The maximum Gasteiger partial charge on any atom is 0.335 e. The van der Waals surface area contributed by atoms with Crippen molar-refractivity contribution in [2.45, 2.75) is 77.7 Å². The molecule has 5 rings (SSSR count). The van der Waals surface area contributed by atoms with E-state index in [9.17, 15) is 9.59 Å². The fourth-order valence-corrected chi connectivity index (χ4v) is 11.4. The molecular weight excluding hydrogens is 623 g/mol. The van der Waals surface area contributed by atoms with Gasteiger partial charge in [0.25, 0.3) is 13.9 Å². The summed E-state index contributed by atoms with van der Waals surface area (Å²) in [5.74, 6) is 0.0315. The van der Waals surface area contributed by atoms with Crippen LogP contribution in [0, 0.1) is 12.8 Å². The van der Waals surface area contributed by atoms with E-state index in [4.69, 9.17) is 19.4 Å². The molecule has 2 heterocycles. The second kappa shape index (κ2) is 15.8. The topological polar surface area (TPSA) is 120 Å². The Morgan fingerprint density at radius 3 is 2.15 bits per heavy atom. The lowest BCUT2D eigenvalue weighted by atomic mass is 9.95. The van der Waals surface area contributed by atoms with E-state index in [1.807, 2.05) is 42.5 Å². The minimum atomic E-state index is -2.85. The van der Waals surface area contributed by atoms with Crippen LogP contribution in [0.3, 0.4) is 0 Å². The molecule has 0 amide bonds. The Morgan fingerprint density at radius 1 is 0.958 bits per heavy atom. The van der Waals surface area contributed by atoms with Crippen molar-refractivity contribution < 1.29 is 13.9 Å². The zero-order valence-corrected chi connectivity index (χ0v) is 29.2. The lowest BCUT2D eigenvalue weighted by Crippen LogP contribution is -2.67. The van der Waals surface area contributed by atoms with E-state index in [0.717, 1.165) is 16.6 Å². The first-order chi connectivity index (χ1) is 23.2. The molecule has 11 heteroatoms. The quantitative estimate of drug-likeness (QED) is 0.0532. The zero-order chi connectivity index (χ0) is 34.1. The van der Waals surface area contributed by atoms with Crippen LogP contribution in [-0.2, 0) is 27.2 Å². The summed E-state index contributed by atoms with van der Waals surface area (Å²) in [6.07, 6.45) is 2.62. The van der Waals surface area contributed by atoms with Crippen LogP contribution in [0.1, 0.15) is 57.4 Å². The van der Waals surface area contributed by atoms with E-state index < -0.39 is 20.2 Å². The molecule has 3 atom stereocenters. The summed E-state index contributed by atoms with van der Waals surface area (Å²) in [5.41, 5.74) is 9.34. The van der Waals surface area contributed by atoms with Crippen LogP contribution in [0.15, 0.2) is 112 Å². The average Bonchev–Trinajstić information content (AvgIpc) is 3.50. The van der Waals surface area contributed by atoms with Crippen molar-refractivity contribution in [2.75, 3.05) is 13.2 Å². The van der Waals surface area contributed by atoms with Gasteiger partial charge in [0, 0.05) is 23.2 Å². The summed E-state index contributed by atoms with van der Waals surface area (Å²) >= 11 is 0.